The molecule has 2 heterocycles. The van der Waals surface area contributed by atoms with Crippen LogP contribution in [0.2, 0.25) is 0 Å². The first-order chi connectivity index (χ1) is 14.4. The largest absolute Gasteiger partial charge is 0.478 e. The van der Waals surface area contributed by atoms with Crippen LogP contribution in [-0.4, -0.2) is 40.1 Å². The van der Waals surface area contributed by atoms with Crippen LogP contribution in [0.5, 0.6) is 0 Å². The van der Waals surface area contributed by atoms with Crippen LogP contribution in [0.4, 0.5) is 10.1 Å². The molecule has 152 valence electrons. The molecule has 8 nitrogen and oxygen atoms in total. The predicted octanol–water partition coefficient (Wildman–Crippen LogP) is 3.10. The van der Waals surface area contributed by atoms with Crippen molar-refractivity contribution < 1.29 is 22.7 Å². The summed E-state index contributed by atoms with van der Waals surface area (Å²) in [6, 6.07) is 13.5. The number of pyridine rings is 1. The van der Waals surface area contributed by atoms with E-state index in [4.69, 9.17) is 0 Å². The average Bonchev–Trinajstić information content (AvgIpc) is 3.17. The Morgan fingerprint density at radius 1 is 1.07 bits per heavy atom. The molecule has 0 saturated heterocycles. The number of halogens is 1. The molecular weight excluding hydrogens is 411 g/mol. The maximum absolute atomic E-state index is 13.1. The molecule has 0 radical (unpaired) electrons. The first-order valence-electron chi connectivity index (χ1n) is 8.74. The summed E-state index contributed by atoms with van der Waals surface area (Å²) >= 11 is 0. The van der Waals surface area contributed by atoms with E-state index in [2.05, 4.69) is 15.4 Å². The summed E-state index contributed by atoms with van der Waals surface area (Å²) in [5.74, 6) is -2.41. The van der Waals surface area contributed by atoms with Crippen molar-refractivity contribution in [3.63, 3.8) is 0 Å². The van der Waals surface area contributed by atoms with Crippen molar-refractivity contribution in [1.29, 1.82) is 0 Å². The summed E-state index contributed by atoms with van der Waals surface area (Å²) in [7, 11) is -3.85. The zero-order chi connectivity index (χ0) is 21.3. The Hall–Kier alpha value is -3.79. The molecule has 0 amide bonds. The van der Waals surface area contributed by atoms with Crippen molar-refractivity contribution in [2.24, 2.45) is 0 Å². The van der Waals surface area contributed by atoms with Crippen molar-refractivity contribution in [3.8, 4) is 5.69 Å². The maximum atomic E-state index is 13.1. The molecule has 0 saturated carbocycles. The van der Waals surface area contributed by atoms with E-state index in [1.807, 2.05) is 30.3 Å². The van der Waals surface area contributed by atoms with E-state index in [9.17, 15) is 22.7 Å². The van der Waals surface area contributed by atoms with Gasteiger partial charge in [0.2, 0.25) is 0 Å². The van der Waals surface area contributed by atoms with E-state index in [-0.39, 0.29) is 16.1 Å². The molecule has 0 aliphatic rings. The highest BCUT2D eigenvalue weighted by atomic mass is 32.2. The number of hydrogen-bond acceptors (Lipinski definition) is 6. The van der Waals surface area contributed by atoms with Gasteiger partial charge in [-0.25, -0.2) is 27.3 Å². The monoisotopic (exact) mass is 426 g/mol. The predicted molar refractivity (Wildman–Crippen MR) is 108 cm³/mol. The van der Waals surface area contributed by atoms with Crippen LogP contribution in [0.3, 0.4) is 0 Å². The fourth-order valence-electron chi connectivity index (χ4n) is 2.98. The minimum Gasteiger partial charge on any atom is -0.478 e. The summed E-state index contributed by atoms with van der Waals surface area (Å²) in [6.45, 7) is 0. The van der Waals surface area contributed by atoms with Crippen LogP contribution in [0, 0.1) is 5.82 Å². The van der Waals surface area contributed by atoms with E-state index >= 15 is 0 Å². The highest BCUT2D eigenvalue weighted by Crippen LogP contribution is 2.28. The molecular formula is C20H15FN4O4S. The van der Waals surface area contributed by atoms with E-state index < -0.39 is 27.5 Å². The van der Waals surface area contributed by atoms with Crippen molar-refractivity contribution in [3.05, 3.63) is 78.4 Å². The lowest BCUT2D eigenvalue weighted by Crippen LogP contribution is -2.17. The third kappa shape index (κ3) is 3.60. The molecule has 2 aromatic carbocycles. The third-order valence-corrected chi connectivity index (χ3v) is 5.96. The molecule has 10 heteroatoms. The molecule has 30 heavy (non-hydrogen) atoms. The molecule has 2 N–H and O–H groups in total. The molecule has 0 spiro atoms. The number of carboxylic acid groups (broad SMARTS) is 1. The number of anilines is 1. The van der Waals surface area contributed by atoms with Gasteiger partial charge in [-0.05, 0) is 36.4 Å². The molecule has 2 aromatic heterocycles. The lowest BCUT2D eigenvalue weighted by Gasteiger charge is -2.12. The Bertz CT molecular complexity index is 1340. The van der Waals surface area contributed by atoms with Crippen LogP contribution in [0.25, 0.3) is 16.7 Å². The Morgan fingerprint density at radius 2 is 1.77 bits per heavy atom. The average molecular weight is 426 g/mol. The zero-order valence-corrected chi connectivity index (χ0v) is 16.2. The third-order valence-electron chi connectivity index (χ3n) is 4.44. The van der Waals surface area contributed by atoms with Crippen LogP contribution in [0.15, 0.2) is 71.9 Å². The van der Waals surface area contributed by atoms with E-state index in [1.54, 1.807) is 0 Å². The molecule has 0 aliphatic carbocycles. The van der Waals surface area contributed by atoms with Crippen molar-refractivity contribution >= 4 is 32.5 Å². The second-order valence-corrected chi connectivity index (χ2v) is 8.36. The Balaban J connectivity index is 1.75. The lowest BCUT2D eigenvalue weighted by atomic mass is 10.2. The Kier molecular flexibility index (Phi) is 4.92. The summed E-state index contributed by atoms with van der Waals surface area (Å²) in [6.07, 6.45) is 2.58. The smallest absolute Gasteiger partial charge is 0.339 e. The maximum Gasteiger partial charge on any atom is 0.339 e. The number of para-hydroxylation sites is 1. The Labute approximate surface area is 170 Å². The zero-order valence-electron chi connectivity index (χ0n) is 15.4. The van der Waals surface area contributed by atoms with Crippen LogP contribution < -0.4 is 5.32 Å². The fraction of sp³-hybridized carbons (Fsp3) is 0.0500. The number of aromatic carboxylic acids is 1. The first kappa shape index (κ1) is 19.5. The summed E-state index contributed by atoms with van der Waals surface area (Å²) in [4.78, 5) is 15.8. The summed E-state index contributed by atoms with van der Waals surface area (Å²) in [5, 5.41) is 16.9. The van der Waals surface area contributed by atoms with E-state index in [1.165, 1.54) is 10.9 Å². The van der Waals surface area contributed by atoms with Gasteiger partial charge in [0.15, 0.2) is 15.5 Å². The standard InChI is InChI=1S/C20H15FN4O4S/c21-13-6-8-15(9-7-13)30(28,29)12-23-18-16-11-24-25(14-4-2-1-3-5-14)19(16)22-10-17(18)20(26)27/h1-11H,12H2,(H,22,23)(H,26,27). The van der Waals surface area contributed by atoms with Gasteiger partial charge < -0.3 is 10.4 Å². The SMILES string of the molecule is O=C(O)c1cnc2c(cnn2-c2ccccc2)c1NCS(=O)(=O)c1ccc(F)cc1. The van der Waals surface area contributed by atoms with Crippen molar-refractivity contribution in [2.75, 3.05) is 11.2 Å². The normalized spacial score (nSPS) is 11.5. The minimum atomic E-state index is -3.85. The number of benzene rings is 2. The number of sulfone groups is 1. The molecule has 0 bridgehead atoms. The van der Waals surface area contributed by atoms with Gasteiger partial charge in [0, 0.05) is 6.20 Å². The number of nitrogens with zero attached hydrogens (tertiary/aromatic N) is 3. The number of carbonyl (C=O) groups is 1. The minimum absolute atomic E-state index is 0.0837. The van der Waals surface area contributed by atoms with Crippen molar-refractivity contribution in [2.45, 2.75) is 4.90 Å². The van der Waals surface area contributed by atoms with Crippen LogP contribution in [0.1, 0.15) is 10.4 Å². The number of rotatable bonds is 6. The van der Waals surface area contributed by atoms with E-state index in [0.717, 1.165) is 30.5 Å². The number of nitrogens with one attached hydrogen (secondary N) is 1. The molecule has 0 atom stereocenters. The lowest BCUT2D eigenvalue weighted by molar-refractivity contribution is 0.0697. The quantitative estimate of drug-likeness (QED) is 0.455. The Morgan fingerprint density at radius 3 is 2.43 bits per heavy atom. The van der Waals surface area contributed by atoms with Gasteiger partial charge in [0.1, 0.15) is 17.3 Å². The number of hydrogen-bond donors (Lipinski definition) is 2. The van der Waals surface area contributed by atoms with Gasteiger partial charge in [-0.15, -0.1) is 0 Å². The van der Waals surface area contributed by atoms with Crippen LogP contribution >= 0.6 is 0 Å². The first-order valence-corrected chi connectivity index (χ1v) is 10.4. The second kappa shape index (κ2) is 7.56. The molecule has 0 unspecified atom stereocenters. The molecule has 0 aliphatic heterocycles. The topological polar surface area (TPSA) is 114 Å². The fourth-order valence-corrected chi connectivity index (χ4v) is 4.03. The summed E-state index contributed by atoms with van der Waals surface area (Å²) < 4.78 is 39.8. The van der Waals surface area contributed by atoms with Crippen molar-refractivity contribution in [1.82, 2.24) is 14.8 Å². The van der Waals surface area contributed by atoms with Gasteiger partial charge >= 0.3 is 5.97 Å². The van der Waals surface area contributed by atoms with Gasteiger partial charge in [-0.1, -0.05) is 18.2 Å². The molecule has 4 aromatic rings. The number of carboxylic acids is 1. The number of aromatic nitrogens is 3. The molecule has 0 fully saturated rings. The summed E-state index contributed by atoms with van der Waals surface area (Å²) in [5.41, 5.74) is 0.977. The van der Waals surface area contributed by atoms with Gasteiger partial charge in [-0.3, -0.25) is 0 Å². The van der Waals surface area contributed by atoms with Gasteiger partial charge in [0.25, 0.3) is 0 Å². The van der Waals surface area contributed by atoms with Gasteiger partial charge in [-0.2, -0.15) is 5.10 Å². The van der Waals surface area contributed by atoms with Gasteiger partial charge in [0.05, 0.1) is 27.9 Å². The van der Waals surface area contributed by atoms with Crippen LogP contribution in [-0.2, 0) is 9.84 Å². The number of fused-ring (bicyclic) bond motifs is 1. The highest BCUT2D eigenvalue weighted by Gasteiger charge is 2.21. The highest BCUT2D eigenvalue weighted by molar-refractivity contribution is 7.91. The molecule has 4 rings (SSSR count). The second-order valence-electron chi connectivity index (χ2n) is 6.37. The van der Waals surface area contributed by atoms with E-state index in [0.29, 0.717) is 16.7 Å².